The molecule has 2 aromatic rings. The van der Waals surface area contributed by atoms with Crippen LogP contribution in [0, 0.1) is 39.0 Å². The van der Waals surface area contributed by atoms with E-state index in [-0.39, 0.29) is 17.9 Å². The van der Waals surface area contributed by atoms with Crippen LogP contribution in [0.2, 0.25) is 0 Å². The van der Waals surface area contributed by atoms with Gasteiger partial charge in [0.2, 0.25) is 5.78 Å². The van der Waals surface area contributed by atoms with Gasteiger partial charge in [-0.2, -0.15) is 5.26 Å². The van der Waals surface area contributed by atoms with Crippen LogP contribution in [-0.4, -0.2) is 23.3 Å². The lowest BCUT2D eigenvalue weighted by atomic mass is 9.99. The molecule has 1 heterocycles. The fourth-order valence-corrected chi connectivity index (χ4v) is 2.91. The fourth-order valence-electron chi connectivity index (χ4n) is 2.91. The number of aromatic nitrogens is 1. The number of nitrogens with zero attached hydrogens (tertiary/aromatic N) is 1. The van der Waals surface area contributed by atoms with Gasteiger partial charge in [0.15, 0.2) is 0 Å². The Morgan fingerprint density at radius 1 is 1.23 bits per heavy atom. The highest BCUT2D eigenvalue weighted by atomic mass is 16.5. The molecule has 0 bridgehead atoms. The van der Waals surface area contributed by atoms with Crippen LogP contribution in [0.3, 0.4) is 0 Å². The molecule has 1 aromatic heterocycles. The van der Waals surface area contributed by atoms with Crippen molar-refractivity contribution in [3.8, 4) is 6.07 Å². The van der Waals surface area contributed by atoms with E-state index >= 15 is 0 Å². The second-order valence-corrected chi connectivity index (χ2v) is 6.20. The molecule has 5 nitrogen and oxygen atoms in total. The molecule has 0 atom stereocenters. The summed E-state index contributed by atoms with van der Waals surface area (Å²) in [6.45, 7) is 9.27. The van der Waals surface area contributed by atoms with Gasteiger partial charge < -0.3 is 9.72 Å². The monoisotopic (exact) mass is 350 g/mol. The lowest BCUT2D eigenvalue weighted by molar-refractivity contribution is 0.0525. The highest BCUT2D eigenvalue weighted by Crippen LogP contribution is 2.23. The van der Waals surface area contributed by atoms with Crippen LogP contribution in [0.1, 0.15) is 55.7 Å². The minimum absolute atomic E-state index is 0.0108. The van der Waals surface area contributed by atoms with Gasteiger partial charge >= 0.3 is 5.97 Å². The molecule has 0 amide bonds. The first-order chi connectivity index (χ1) is 12.3. The summed E-state index contributed by atoms with van der Waals surface area (Å²) >= 11 is 0. The molecule has 0 aliphatic rings. The van der Waals surface area contributed by atoms with Crippen LogP contribution in [0.25, 0.3) is 6.08 Å². The number of aromatic amines is 1. The zero-order valence-electron chi connectivity index (χ0n) is 15.7. The number of esters is 1. The molecule has 0 aliphatic carbocycles. The zero-order chi connectivity index (χ0) is 19.4. The number of allylic oxidation sites excluding steroid dienone is 1. The van der Waals surface area contributed by atoms with Crippen LogP contribution in [0.15, 0.2) is 23.8 Å². The Hall–Kier alpha value is -3.13. The molecule has 0 saturated heterocycles. The van der Waals surface area contributed by atoms with Crippen molar-refractivity contribution in [3.05, 3.63) is 63.0 Å². The highest BCUT2D eigenvalue weighted by Gasteiger charge is 2.24. The van der Waals surface area contributed by atoms with Crippen LogP contribution < -0.4 is 0 Å². The molecule has 0 aliphatic heterocycles. The van der Waals surface area contributed by atoms with Crippen molar-refractivity contribution in [3.63, 3.8) is 0 Å². The zero-order valence-corrected chi connectivity index (χ0v) is 15.7. The van der Waals surface area contributed by atoms with Crippen molar-refractivity contribution in [2.45, 2.75) is 34.6 Å². The smallest absolute Gasteiger partial charge is 0.340 e. The first-order valence-corrected chi connectivity index (χ1v) is 8.40. The molecule has 0 unspecified atom stereocenters. The Labute approximate surface area is 153 Å². The third-order valence-electron chi connectivity index (χ3n) is 4.23. The molecule has 1 aromatic carbocycles. The second kappa shape index (κ2) is 7.83. The van der Waals surface area contributed by atoms with Crippen molar-refractivity contribution in [2.24, 2.45) is 0 Å². The number of rotatable bonds is 5. The van der Waals surface area contributed by atoms with E-state index in [2.05, 4.69) is 4.98 Å². The number of ether oxygens (including phenoxy) is 1. The van der Waals surface area contributed by atoms with Crippen molar-refractivity contribution in [2.75, 3.05) is 6.61 Å². The van der Waals surface area contributed by atoms with Gasteiger partial charge in [-0.1, -0.05) is 23.8 Å². The number of ketones is 1. The van der Waals surface area contributed by atoms with Gasteiger partial charge in [0.1, 0.15) is 11.6 Å². The molecule has 0 fully saturated rings. The maximum absolute atomic E-state index is 12.9. The Kier molecular flexibility index (Phi) is 5.78. The van der Waals surface area contributed by atoms with E-state index in [1.807, 2.05) is 38.1 Å². The number of carbonyl (C=O) groups excluding carboxylic acids is 2. The minimum atomic E-state index is -0.477. The number of H-pyrrole nitrogens is 1. The highest BCUT2D eigenvalue weighted by molar-refractivity contribution is 6.15. The number of hydrogen-bond donors (Lipinski definition) is 1. The lowest BCUT2D eigenvalue weighted by Crippen LogP contribution is -2.08. The summed E-state index contributed by atoms with van der Waals surface area (Å²) in [5, 5.41) is 9.48. The summed E-state index contributed by atoms with van der Waals surface area (Å²) in [5.74, 6) is -0.918. The van der Waals surface area contributed by atoms with Gasteiger partial charge in [-0.05, 0) is 57.4 Å². The molecule has 26 heavy (non-hydrogen) atoms. The molecule has 134 valence electrons. The van der Waals surface area contributed by atoms with Crippen LogP contribution in [0.4, 0.5) is 0 Å². The number of aryl methyl sites for hydroxylation is 3. The number of carbonyl (C=O) groups is 2. The molecule has 0 saturated carbocycles. The van der Waals surface area contributed by atoms with E-state index < -0.39 is 11.8 Å². The van der Waals surface area contributed by atoms with E-state index in [1.165, 1.54) is 0 Å². The standard InChI is InChI=1S/C21H22N2O3/c1-6-26-21(25)18-14(4)19(23-15(18)5)20(24)17(11-22)10-16-8-7-12(2)9-13(16)3/h7-10,23H,6H2,1-5H3/b17-10+. The number of hydrogen-bond acceptors (Lipinski definition) is 4. The summed E-state index contributed by atoms with van der Waals surface area (Å²) in [6.07, 6.45) is 1.58. The van der Waals surface area contributed by atoms with Gasteiger partial charge in [-0.25, -0.2) is 4.79 Å². The summed E-state index contributed by atoms with van der Waals surface area (Å²) in [6, 6.07) is 7.78. The van der Waals surface area contributed by atoms with Gasteiger partial charge in [0, 0.05) is 5.69 Å². The fraction of sp³-hybridized carbons (Fsp3) is 0.286. The van der Waals surface area contributed by atoms with Crippen molar-refractivity contribution in [1.82, 2.24) is 4.98 Å². The molecule has 2 rings (SSSR count). The van der Waals surface area contributed by atoms with Gasteiger partial charge in [0.25, 0.3) is 0 Å². The predicted molar refractivity (Wildman–Crippen MR) is 100 cm³/mol. The molecular formula is C21H22N2O3. The van der Waals surface area contributed by atoms with Crippen LogP contribution in [0.5, 0.6) is 0 Å². The first kappa shape index (κ1) is 19.2. The first-order valence-electron chi connectivity index (χ1n) is 8.40. The second-order valence-electron chi connectivity index (χ2n) is 6.20. The Morgan fingerprint density at radius 2 is 1.92 bits per heavy atom. The Morgan fingerprint density at radius 3 is 2.50 bits per heavy atom. The number of Topliss-reactive ketones (excluding diaryl/α,β-unsaturated/α-hetero) is 1. The summed E-state index contributed by atoms with van der Waals surface area (Å²) < 4.78 is 5.04. The summed E-state index contributed by atoms with van der Waals surface area (Å²) in [7, 11) is 0. The average molecular weight is 350 g/mol. The third kappa shape index (κ3) is 3.75. The maximum atomic E-state index is 12.9. The van der Waals surface area contributed by atoms with Crippen molar-refractivity contribution < 1.29 is 14.3 Å². The number of nitrogens with one attached hydrogen (secondary N) is 1. The maximum Gasteiger partial charge on any atom is 0.340 e. The largest absolute Gasteiger partial charge is 0.462 e. The Bertz CT molecular complexity index is 943. The van der Waals surface area contributed by atoms with E-state index in [4.69, 9.17) is 4.74 Å². The minimum Gasteiger partial charge on any atom is -0.462 e. The molecule has 5 heteroatoms. The topological polar surface area (TPSA) is 83.0 Å². The van der Waals surface area contributed by atoms with E-state index in [0.29, 0.717) is 16.8 Å². The molecule has 0 radical (unpaired) electrons. The van der Waals surface area contributed by atoms with E-state index in [0.717, 1.165) is 16.7 Å². The molecule has 0 spiro atoms. The predicted octanol–water partition coefficient (Wildman–Crippen LogP) is 4.21. The van der Waals surface area contributed by atoms with Gasteiger partial charge in [0.05, 0.1) is 17.9 Å². The average Bonchev–Trinajstić information content (AvgIpc) is 2.88. The van der Waals surface area contributed by atoms with E-state index in [9.17, 15) is 14.9 Å². The number of benzene rings is 1. The van der Waals surface area contributed by atoms with Crippen molar-refractivity contribution in [1.29, 1.82) is 5.26 Å². The van der Waals surface area contributed by atoms with Crippen molar-refractivity contribution >= 4 is 17.8 Å². The number of nitriles is 1. The van der Waals surface area contributed by atoms with Crippen LogP contribution in [-0.2, 0) is 4.74 Å². The third-order valence-corrected chi connectivity index (χ3v) is 4.23. The van der Waals surface area contributed by atoms with Gasteiger partial charge in [-0.15, -0.1) is 0 Å². The Balaban J connectivity index is 2.47. The SMILES string of the molecule is CCOC(=O)c1c(C)[nH]c(C(=O)/C(C#N)=C/c2ccc(C)cc2C)c1C. The lowest BCUT2D eigenvalue weighted by Gasteiger charge is -2.04. The quantitative estimate of drug-likeness (QED) is 0.379. The summed E-state index contributed by atoms with van der Waals surface area (Å²) in [4.78, 5) is 27.9. The van der Waals surface area contributed by atoms with Gasteiger partial charge in [-0.3, -0.25) is 4.79 Å². The normalized spacial score (nSPS) is 11.2. The molecule has 1 N–H and O–H groups in total. The van der Waals surface area contributed by atoms with Crippen LogP contribution >= 0.6 is 0 Å². The van der Waals surface area contributed by atoms with E-state index in [1.54, 1.807) is 26.8 Å². The molecular weight excluding hydrogens is 328 g/mol. The summed E-state index contributed by atoms with van der Waals surface area (Å²) in [5.41, 5.74) is 4.54.